The minimum absolute atomic E-state index is 0.230. The van der Waals surface area contributed by atoms with Gasteiger partial charge in [-0.25, -0.2) is 4.98 Å². The fraction of sp³-hybridized carbons (Fsp3) is 0.368. The molecule has 0 spiro atoms. The van der Waals surface area contributed by atoms with Crippen LogP contribution in [0.1, 0.15) is 24.8 Å². The van der Waals surface area contributed by atoms with Crippen LogP contribution in [0.4, 0.5) is 0 Å². The number of rotatable bonds is 4. The fourth-order valence-electron chi connectivity index (χ4n) is 3.63. The third-order valence-electron chi connectivity index (χ3n) is 5.06. The Morgan fingerprint density at radius 2 is 1.88 bits per heavy atom. The molecule has 134 valence electrons. The number of hydrogen-bond acceptors (Lipinski definition) is 5. The first kappa shape index (κ1) is 16.9. The van der Waals surface area contributed by atoms with Crippen LogP contribution in [0.3, 0.4) is 0 Å². The molecule has 1 aromatic heterocycles. The van der Waals surface area contributed by atoms with Crippen LogP contribution in [0.5, 0.6) is 0 Å². The summed E-state index contributed by atoms with van der Waals surface area (Å²) in [6, 6.07) is 6.97. The van der Waals surface area contributed by atoms with E-state index in [1.807, 2.05) is 36.4 Å². The highest BCUT2D eigenvalue weighted by Crippen LogP contribution is 2.36. The van der Waals surface area contributed by atoms with Gasteiger partial charge in [-0.15, -0.1) is 11.3 Å². The Labute approximate surface area is 154 Å². The molecule has 2 aromatic rings. The molecule has 1 aliphatic heterocycles. The summed E-state index contributed by atoms with van der Waals surface area (Å²) in [5, 5.41) is 3.60. The van der Waals surface area contributed by atoms with Crippen molar-refractivity contribution in [3.63, 3.8) is 0 Å². The lowest BCUT2D eigenvalue weighted by atomic mass is 9.85. The number of nitrogens with one attached hydrogen (secondary N) is 1. The number of imide groups is 1. The highest BCUT2D eigenvalue weighted by molar-refractivity contribution is 7.18. The summed E-state index contributed by atoms with van der Waals surface area (Å²) in [6.07, 6.45) is 5.03. The second-order valence-electron chi connectivity index (χ2n) is 6.67. The van der Waals surface area contributed by atoms with E-state index in [1.165, 1.54) is 11.3 Å². The minimum atomic E-state index is -0.810. The van der Waals surface area contributed by atoms with Crippen molar-refractivity contribution in [1.29, 1.82) is 0 Å². The van der Waals surface area contributed by atoms with Gasteiger partial charge in [-0.2, -0.15) is 0 Å². The second-order valence-corrected chi connectivity index (χ2v) is 7.79. The number of likely N-dealkylation sites (tertiary alicyclic amines) is 1. The standard InChI is InChI=1S/C19H19N3O3S/c1-11(22-18(24)12-6-2-3-7-13(12)19(22)25)17(23)20-10-16-21-14-8-4-5-9-15(14)26-16/h2-5,8-9,11-13H,6-7,10H2,1H3,(H,20,23)/t11-,12-,13+/m0/s1. The smallest absolute Gasteiger partial charge is 0.243 e. The van der Waals surface area contributed by atoms with E-state index in [9.17, 15) is 14.4 Å². The van der Waals surface area contributed by atoms with E-state index in [-0.39, 0.29) is 36.1 Å². The molecule has 3 atom stereocenters. The molecule has 1 fully saturated rings. The van der Waals surface area contributed by atoms with Crippen molar-refractivity contribution in [2.45, 2.75) is 32.4 Å². The lowest BCUT2D eigenvalue weighted by Crippen LogP contribution is -2.48. The van der Waals surface area contributed by atoms with E-state index >= 15 is 0 Å². The Morgan fingerprint density at radius 1 is 1.23 bits per heavy atom. The molecule has 4 rings (SSSR count). The fourth-order valence-corrected chi connectivity index (χ4v) is 4.54. The summed E-state index contributed by atoms with van der Waals surface area (Å²) in [5.41, 5.74) is 0.899. The molecule has 26 heavy (non-hydrogen) atoms. The zero-order chi connectivity index (χ0) is 18.3. The molecule has 0 bridgehead atoms. The van der Waals surface area contributed by atoms with Gasteiger partial charge in [-0.1, -0.05) is 24.3 Å². The zero-order valence-corrected chi connectivity index (χ0v) is 15.2. The number of amides is 3. The first-order valence-corrected chi connectivity index (χ1v) is 9.52. The summed E-state index contributed by atoms with van der Waals surface area (Å²) >= 11 is 1.52. The van der Waals surface area contributed by atoms with Crippen LogP contribution in [-0.4, -0.2) is 33.6 Å². The van der Waals surface area contributed by atoms with Gasteiger partial charge in [0.05, 0.1) is 28.6 Å². The SMILES string of the molecule is C[C@@H](C(=O)NCc1nc2ccccc2s1)N1C(=O)[C@H]2CC=CC[C@H]2C1=O. The van der Waals surface area contributed by atoms with Crippen molar-refractivity contribution in [2.24, 2.45) is 11.8 Å². The van der Waals surface area contributed by atoms with Crippen LogP contribution in [-0.2, 0) is 20.9 Å². The maximum atomic E-state index is 12.6. The largest absolute Gasteiger partial charge is 0.348 e. The highest BCUT2D eigenvalue weighted by atomic mass is 32.1. The van der Waals surface area contributed by atoms with Gasteiger partial charge in [-0.05, 0) is 31.9 Å². The molecule has 2 aliphatic rings. The molecule has 3 amide bonds. The maximum absolute atomic E-state index is 12.6. The van der Waals surface area contributed by atoms with Crippen LogP contribution >= 0.6 is 11.3 Å². The normalized spacial score (nSPS) is 23.3. The molecule has 6 nitrogen and oxygen atoms in total. The minimum Gasteiger partial charge on any atom is -0.348 e. The van der Waals surface area contributed by atoms with Gasteiger partial charge in [0.1, 0.15) is 11.0 Å². The lowest BCUT2D eigenvalue weighted by molar-refractivity contribution is -0.147. The molecule has 1 aliphatic carbocycles. The molecule has 2 heterocycles. The molecule has 1 N–H and O–H groups in total. The van der Waals surface area contributed by atoms with E-state index in [2.05, 4.69) is 10.3 Å². The van der Waals surface area contributed by atoms with E-state index in [4.69, 9.17) is 0 Å². The quantitative estimate of drug-likeness (QED) is 0.662. The van der Waals surface area contributed by atoms with E-state index in [0.29, 0.717) is 12.8 Å². The molecule has 1 saturated heterocycles. The molecular formula is C19H19N3O3S. The van der Waals surface area contributed by atoms with Crippen molar-refractivity contribution in [1.82, 2.24) is 15.2 Å². The van der Waals surface area contributed by atoms with Gasteiger partial charge >= 0.3 is 0 Å². The molecule has 7 heteroatoms. The average molecular weight is 369 g/mol. The van der Waals surface area contributed by atoms with Crippen molar-refractivity contribution in [2.75, 3.05) is 0 Å². The predicted molar refractivity (Wildman–Crippen MR) is 98.1 cm³/mol. The Balaban J connectivity index is 1.43. The number of hydrogen-bond donors (Lipinski definition) is 1. The van der Waals surface area contributed by atoms with Crippen LogP contribution in [0, 0.1) is 11.8 Å². The van der Waals surface area contributed by atoms with Crippen LogP contribution in [0.15, 0.2) is 36.4 Å². The molecule has 0 unspecified atom stereocenters. The van der Waals surface area contributed by atoms with Gasteiger partial charge < -0.3 is 5.32 Å². The number of benzene rings is 1. The van der Waals surface area contributed by atoms with E-state index < -0.39 is 6.04 Å². The van der Waals surface area contributed by atoms with Crippen molar-refractivity contribution >= 4 is 39.3 Å². The number of nitrogens with zero attached hydrogens (tertiary/aromatic N) is 2. The first-order valence-electron chi connectivity index (χ1n) is 8.70. The average Bonchev–Trinajstić information content (AvgIpc) is 3.18. The van der Waals surface area contributed by atoms with Gasteiger partial charge in [0.2, 0.25) is 17.7 Å². The van der Waals surface area contributed by atoms with Crippen molar-refractivity contribution in [3.05, 3.63) is 41.4 Å². The summed E-state index contributed by atoms with van der Waals surface area (Å²) in [7, 11) is 0. The lowest BCUT2D eigenvalue weighted by Gasteiger charge is -2.22. The molecule has 1 aromatic carbocycles. The number of thiazole rings is 1. The van der Waals surface area contributed by atoms with Crippen molar-refractivity contribution in [3.8, 4) is 0 Å². The second kappa shape index (κ2) is 6.64. The maximum Gasteiger partial charge on any atom is 0.243 e. The number of aromatic nitrogens is 1. The number of para-hydroxylation sites is 1. The van der Waals surface area contributed by atoms with E-state index in [1.54, 1.807) is 6.92 Å². The number of fused-ring (bicyclic) bond motifs is 2. The van der Waals surface area contributed by atoms with E-state index in [0.717, 1.165) is 20.1 Å². The van der Waals surface area contributed by atoms with Gasteiger partial charge in [-0.3, -0.25) is 19.3 Å². The summed E-state index contributed by atoms with van der Waals surface area (Å²) in [5.74, 6) is -1.42. The number of carbonyl (C=O) groups excluding carboxylic acids is 3. The summed E-state index contributed by atoms with van der Waals surface area (Å²) in [4.78, 5) is 43.3. The zero-order valence-electron chi connectivity index (χ0n) is 14.3. The Hall–Kier alpha value is -2.54. The molecule has 0 saturated carbocycles. The number of carbonyl (C=O) groups is 3. The summed E-state index contributed by atoms with van der Waals surface area (Å²) in [6.45, 7) is 1.89. The van der Waals surface area contributed by atoms with Crippen LogP contribution in [0.25, 0.3) is 10.2 Å². The van der Waals surface area contributed by atoms with Gasteiger partial charge in [0.25, 0.3) is 0 Å². The Bertz CT molecular complexity index is 861. The Morgan fingerprint density at radius 3 is 2.54 bits per heavy atom. The monoisotopic (exact) mass is 369 g/mol. The molecule has 0 radical (unpaired) electrons. The third kappa shape index (κ3) is 2.82. The predicted octanol–water partition coefficient (Wildman–Crippen LogP) is 2.25. The van der Waals surface area contributed by atoms with Crippen LogP contribution in [0.2, 0.25) is 0 Å². The third-order valence-corrected chi connectivity index (χ3v) is 6.10. The summed E-state index contributed by atoms with van der Waals surface area (Å²) < 4.78 is 1.06. The first-order chi connectivity index (χ1) is 12.6. The highest BCUT2D eigenvalue weighted by Gasteiger charge is 2.50. The van der Waals surface area contributed by atoms with Crippen molar-refractivity contribution < 1.29 is 14.4 Å². The topological polar surface area (TPSA) is 79.4 Å². The van der Waals surface area contributed by atoms with Gasteiger partial charge in [0, 0.05) is 0 Å². The molecular weight excluding hydrogens is 350 g/mol. The van der Waals surface area contributed by atoms with Crippen LogP contribution < -0.4 is 5.32 Å². The van der Waals surface area contributed by atoms with Gasteiger partial charge in [0.15, 0.2) is 0 Å². The Kier molecular flexibility index (Phi) is 4.32. The number of allylic oxidation sites excluding steroid dienone is 2.